The minimum absolute atomic E-state index is 0.723. The molecule has 18 heavy (non-hydrogen) atoms. The normalized spacial score (nSPS) is 10.6. The Bertz CT molecular complexity index is 497. The van der Waals surface area contributed by atoms with E-state index in [9.17, 15) is 0 Å². The Balaban J connectivity index is 2.39. The van der Waals surface area contributed by atoms with Crippen molar-refractivity contribution in [3.63, 3.8) is 0 Å². The molecule has 0 fully saturated rings. The van der Waals surface area contributed by atoms with Crippen molar-refractivity contribution in [2.75, 3.05) is 11.9 Å². The predicted molar refractivity (Wildman–Crippen MR) is 76.0 cm³/mol. The molecule has 2 heterocycles. The summed E-state index contributed by atoms with van der Waals surface area (Å²) in [6, 6.07) is 2.02. The van der Waals surface area contributed by atoms with E-state index in [0.29, 0.717) is 0 Å². The fourth-order valence-electron chi connectivity index (χ4n) is 1.73. The molecule has 0 saturated carbocycles. The van der Waals surface area contributed by atoms with Gasteiger partial charge in [-0.1, -0.05) is 13.3 Å². The first kappa shape index (κ1) is 13.0. The zero-order valence-corrected chi connectivity index (χ0v) is 11.8. The highest BCUT2D eigenvalue weighted by Gasteiger charge is 2.09. The van der Waals surface area contributed by atoms with E-state index in [1.807, 2.05) is 18.4 Å². The van der Waals surface area contributed by atoms with E-state index in [2.05, 4.69) is 34.1 Å². The molecule has 0 bridgehead atoms. The maximum absolute atomic E-state index is 4.58. The summed E-state index contributed by atoms with van der Waals surface area (Å²) in [7, 11) is 0. The maximum Gasteiger partial charge on any atom is 0.181 e. The molecule has 0 amide bonds. The highest BCUT2D eigenvalue weighted by molar-refractivity contribution is 7.09. The zero-order chi connectivity index (χ0) is 13.0. The number of nitrogens with zero attached hydrogens (tertiary/aromatic N) is 3. The summed E-state index contributed by atoms with van der Waals surface area (Å²) in [6.45, 7) is 7.07. The van der Waals surface area contributed by atoms with Gasteiger partial charge in [0.2, 0.25) is 0 Å². The second kappa shape index (κ2) is 5.91. The van der Waals surface area contributed by atoms with Crippen molar-refractivity contribution in [1.82, 2.24) is 15.0 Å². The van der Waals surface area contributed by atoms with Crippen LogP contribution in [-0.4, -0.2) is 21.5 Å². The first-order valence-corrected chi connectivity index (χ1v) is 7.15. The number of hydrogen-bond acceptors (Lipinski definition) is 5. The van der Waals surface area contributed by atoms with E-state index >= 15 is 0 Å². The van der Waals surface area contributed by atoms with E-state index < -0.39 is 0 Å². The Morgan fingerprint density at radius 3 is 2.67 bits per heavy atom. The molecule has 0 atom stereocenters. The molecule has 0 saturated heterocycles. The topological polar surface area (TPSA) is 50.7 Å². The van der Waals surface area contributed by atoms with Crippen LogP contribution >= 0.6 is 11.3 Å². The van der Waals surface area contributed by atoms with E-state index in [-0.39, 0.29) is 0 Å². The van der Waals surface area contributed by atoms with Crippen molar-refractivity contribution in [3.05, 3.63) is 22.1 Å². The quantitative estimate of drug-likeness (QED) is 0.898. The highest BCUT2D eigenvalue weighted by Crippen LogP contribution is 2.20. The summed E-state index contributed by atoms with van der Waals surface area (Å²) in [5.41, 5.74) is 1.94. The Labute approximate surface area is 112 Å². The Morgan fingerprint density at radius 2 is 2.06 bits per heavy atom. The van der Waals surface area contributed by atoms with Gasteiger partial charge in [0.05, 0.1) is 5.01 Å². The molecule has 0 spiro atoms. The van der Waals surface area contributed by atoms with Crippen LogP contribution in [0.4, 0.5) is 5.82 Å². The molecular formula is C13H18N4S. The number of anilines is 1. The molecule has 5 heteroatoms. The number of rotatable bonds is 5. The molecule has 0 radical (unpaired) electrons. The third-order valence-corrected chi connectivity index (χ3v) is 3.26. The number of thiazole rings is 1. The molecule has 0 aliphatic heterocycles. The first-order valence-electron chi connectivity index (χ1n) is 6.27. The Morgan fingerprint density at radius 1 is 1.22 bits per heavy atom. The molecule has 2 rings (SSSR count). The minimum Gasteiger partial charge on any atom is -0.370 e. The van der Waals surface area contributed by atoms with Gasteiger partial charge >= 0.3 is 0 Å². The number of hydrogen-bond donors (Lipinski definition) is 1. The van der Waals surface area contributed by atoms with Crippen molar-refractivity contribution in [2.45, 2.75) is 33.6 Å². The van der Waals surface area contributed by atoms with E-state index in [1.165, 1.54) is 0 Å². The van der Waals surface area contributed by atoms with Gasteiger partial charge in [-0.3, -0.25) is 0 Å². The van der Waals surface area contributed by atoms with Crippen molar-refractivity contribution in [3.8, 4) is 11.5 Å². The molecular weight excluding hydrogens is 244 g/mol. The summed E-state index contributed by atoms with van der Waals surface area (Å²) in [5.74, 6) is 1.61. The lowest BCUT2D eigenvalue weighted by Crippen LogP contribution is -2.04. The molecule has 0 aliphatic carbocycles. The van der Waals surface area contributed by atoms with Gasteiger partial charge in [-0.05, 0) is 20.3 Å². The number of nitrogens with one attached hydrogen (secondary N) is 1. The van der Waals surface area contributed by atoms with Crippen LogP contribution in [0.25, 0.3) is 11.5 Å². The molecule has 4 nitrogen and oxygen atoms in total. The fraction of sp³-hybridized carbons (Fsp3) is 0.462. The van der Waals surface area contributed by atoms with Gasteiger partial charge in [-0.15, -0.1) is 11.3 Å². The van der Waals surface area contributed by atoms with Gasteiger partial charge < -0.3 is 5.32 Å². The lowest BCUT2D eigenvalue weighted by atomic mass is 10.2. The van der Waals surface area contributed by atoms with Crippen LogP contribution < -0.4 is 5.32 Å². The summed E-state index contributed by atoms with van der Waals surface area (Å²) in [4.78, 5) is 13.5. The zero-order valence-electron chi connectivity index (χ0n) is 11.0. The first-order chi connectivity index (χ1) is 8.72. The molecule has 1 N–H and O–H groups in total. The largest absolute Gasteiger partial charge is 0.370 e. The van der Waals surface area contributed by atoms with Gasteiger partial charge in [-0.2, -0.15) is 0 Å². The predicted octanol–water partition coefficient (Wildman–Crippen LogP) is 3.29. The van der Waals surface area contributed by atoms with Crippen LogP contribution in [0, 0.1) is 6.92 Å². The van der Waals surface area contributed by atoms with Crippen molar-refractivity contribution in [1.29, 1.82) is 0 Å². The van der Waals surface area contributed by atoms with Gasteiger partial charge in [-0.25, -0.2) is 15.0 Å². The van der Waals surface area contributed by atoms with Crippen molar-refractivity contribution >= 4 is 17.2 Å². The summed E-state index contributed by atoms with van der Waals surface area (Å²) in [5, 5.41) is 6.30. The monoisotopic (exact) mass is 262 g/mol. The summed E-state index contributed by atoms with van der Waals surface area (Å²) in [6.07, 6.45) is 2.05. The van der Waals surface area contributed by atoms with Crippen molar-refractivity contribution in [2.24, 2.45) is 0 Å². The van der Waals surface area contributed by atoms with E-state index in [0.717, 1.165) is 47.4 Å². The standard InChI is InChI=1S/C13H18N4S/c1-4-6-10-7-12(14-5-2)17-13(16-10)11-8-18-9(3)15-11/h7-8H,4-6H2,1-3H3,(H,14,16,17). The third-order valence-electron chi connectivity index (χ3n) is 2.49. The second-order valence-corrected chi connectivity index (χ2v) is 5.16. The van der Waals surface area contributed by atoms with Crippen molar-refractivity contribution < 1.29 is 0 Å². The van der Waals surface area contributed by atoms with Crippen LogP contribution in [-0.2, 0) is 6.42 Å². The van der Waals surface area contributed by atoms with Crippen LogP contribution in [0.1, 0.15) is 31.0 Å². The van der Waals surface area contributed by atoms with E-state index in [4.69, 9.17) is 0 Å². The molecule has 0 unspecified atom stereocenters. The van der Waals surface area contributed by atoms with Crippen LogP contribution in [0.3, 0.4) is 0 Å². The van der Waals surface area contributed by atoms with Gasteiger partial charge in [0.1, 0.15) is 11.5 Å². The molecule has 0 aromatic carbocycles. The lowest BCUT2D eigenvalue weighted by Gasteiger charge is -2.07. The van der Waals surface area contributed by atoms with E-state index in [1.54, 1.807) is 11.3 Å². The van der Waals surface area contributed by atoms with Crippen LogP contribution in [0.15, 0.2) is 11.4 Å². The molecule has 0 aliphatic rings. The van der Waals surface area contributed by atoms with Crippen LogP contribution in [0.5, 0.6) is 0 Å². The number of aryl methyl sites for hydroxylation is 2. The fourth-order valence-corrected chi connectivity index (χ4v) is 2.33. The Kier molecular flexibility index (Phi) is 4.25. The van der Waals surface area contributed by atoms with Crippen LogP contribution in [0.2, 0.25) is 0 Å². The SMILES string of the molecule is CCCc1cc(NCC)nc(-c2csc(C)n2)n1. The average molecular weight is 262 g/mol. The summed E-state index contributed by atoms with van der Waals surface area (Å²) >= 11 is 1.63. The number of aromatic nitrogens is 3. The molecule has 2 aromatic rings. The van der Waals surface area contributed by atoms with Gasteiger partial charge in [0.15, 0.2) is 5.82 Å². The van der Waals surface area contributed by atoms with Gasteiger partial charge in [0.25, 0.3) is 0 Å². The van der Waals surface area contributed by atoms with Gasteiger partial charge in [0, 0.05) is 23.7 Å². The average Bonchev–Trinajstić information content (AvgIpc) is 2.76. The third kappa shape index (κ3) is 3.04. The minimum atomic E-state index is 0.723. The lowest BCUT2D eigenvalue weighted by molar-refractivity contribution is 0.874. The summed E-state index contributed by atoms with van der Waals surface area (Å²) < 4.78 is 0. The second-order valence-electron chi connectivity index (χ2n) is 4.10. The maximum atomic E-state index is 4.58. The Hall–Kier alpha value is -1.49. The smallest absolute Gasteiger partial charge is 0.181 e. The highest BCUT2D eigenvalue weighted by atomic mass is 32.1. The molecule has 2 aromatic heterocycles. The molecule has 96 valence electrons.